The molecule has 0 atom stereocenters. The van der Waals surface area contributed by atoms with Crippen LogP contribution in [0.3, 0.4) is 0 Å². The van der Waals surface area contributed by atoms with E-state index in [2.05, 4.69) is 0 Å². The molecule has 1 aromatic carbocycles. The normalized spacial score (nSPS) is 16.9. The summed E-state index contributed by atoms with van der Waals surface area (Å²) in [7, 11) is -3.25. The monoisotopic (exact) mass is 296 g/mol. The van der Waals surface area contributed by atoms with E-state index in [1.54, 1.807) is 4.31 Å². The molecule has 1 fully saturated rings. The van der Waals surface area contributed by atoms with E-state index in [1.807, 2.05) is 30.3 Å². The van der Waals surface area contributed by atoms with Gasteiger partial charge in [-0.15, -0.1) is 0 Å². The van der Waals surface area contributed by atoms with Gasteiger partial charge in [0.2, 0.25) is 10.0 Å². The zero-order valence-electron chi connectivity index (χ0n) is 11.9. The lowest BCUT2D eigenvalue weighted by Gasteiger charge is -2.28. The van der Waals surface area contributed by atoms with Gasteiger partial charge in [-0.05, 0) is 31.4 Å². The molecule has 0 heterocycles. The number of sulfonamides is 1. The minimum absolute atomic E-state index is 0.0922. The average molecular weight is 296 g/mol. The number of nitrogens with two attached hydrogens (primary N) is 1. The number of hydrogen-bond donors (Lipinski definition) is 1. The molecule has 0 saturated heterocycles. The molecular weight excluding hydrogens is 272 g/mol. The first kappa shape index (κ1) is 15.5. The quantitative estimate of drug-likeness (QED) is 0.838. The lowest BCUT2D eigenvalue weighted by Crippen LogP contribution is -2.40. The Kier molecular flexibility index (Phi) is 5.57. The van der Waals surface area contributed by atoms with E-state index in [0.717, 1.165) is 37.7 Å². The molecule has 1 saturated carbocycles. The third-order valence-corrected chi connectivity index (χ3v) is 5.76. The van der Waals surface area contributed by atoms with Crippen LogP contribution in [0.15, 0.2) is 30.3 Å². The highest BCUT2D eigenvalue weighted by Crippen LogP contribution is 2.27. The molecule has 0 aromatic heterocycles. The van der Waals surface area contributed by atoms with Gasteiger partial charge in [-0.2, -0.15) is 4.31 Å². The molecule has 0 amide bonds. The minimum atomic E-state index is -3.25. The van der Waals surface area contributed by atoms with Crippen molar-refractivity contribution in [1.82, 2.24) is 4.31 Å². The van der Waals surface area contributed by atoms with Gasteiger partial charge in [-0.3, -0.25) is 0 Å². The third-order valence-electron chi connectivity index (χ3n) is 3.86. The van der Waals surface area contributed by atoms with Crippen molar-refractivity contribution in [1.29, 1.82) is 0 Å². The molecule has 0 unspecified atom stereocenters. The van der Waals surface area contributed by atoms with Gasteiger partial charge >= 0.3 is 0 Å². The summed E-state index contributed by atoms with van der Waals surface area (Å²) in [5.41, 5.74) is 6.40. The van der Waals surface area contributed by atoms with E-state index in [9.17, 15) is 8.42 Å². The van der Waals surface area contributed by atoms with Gasteiger partial charge in [-0.1, -0.05) is 43.2 Å². The Hall–Kier alpha value is -0.910. The van der Waals surface area contributed by atoms with Gasteiger partial charge in [0.05, 0.1) is 5.75 Å². The van der Waals surface area contributed by atoms with E-state index in [0.29, 0.717) is 13.1 Å². The van der Waals surface area contributed by atoms with E-state index in [1.165, 1.54) is 0 Å². The highest BCUT2D eigenvalue weighted by Gasteiger charge is 2.31. The fourth-order valence-electron chi connectivity index (χ4n) is 2.86. The van der Waals surface area contributed by atoms with Crippen LogP contribution >= 0.6 is 0 Å². The highest BCUT2D eigenvalue weighted by molar-refractivity contribution is 7.88. The molecule has 1 aliphatic rings. The fourth-order valence-corrected chi connectivity index (χ4v) is 4.71. The molecule has 1 aromatic rings. The Bertz CT molecular complexity index is 496. The lowest BCUT2D eigenvalue weighted by molar-refractivity contribution is 0.319. The molecule has 0 bridgehead atoms. The second-order valence-electron chi connectivity index (χ2n) is 5.43. The van der Waals surface area contributed by atoms with Crippen LogP contribution in [0.1, 0.15) is 37.7 Å². The Morgan fingerprint density at radius 3 is 2.40 bits per heavy atom. The molecule has 0 radical (unpaired) electrons. The third kappa shape index (κ3) is 4.04. The Morgan fingerprint density at radius 2 is 1.80 bits per heavy atom. The SMILES string of the molecule is NCCCN(C1CCCC1)S(=O)(=O)Cc1ccccc1. The van der Waals surface area contributed by atoms with Gasteiger partial charge in [0.25, 0.3) is 0 Å². The smallest absolute Gasteiger partial charge is 0.218 e. The number of benzene rings is 1. The van der Waals surface area contributed by atoms with Crippen molar-refractivity contribution in [3.63, 3.8) is 0 Å². The maximum absolute atomic E-state index is 12.7. The van der Waals surface area contributed by atoms with Crippen LogP contribution in [0.4, 0.5) is 0 Å². The Morgan fingerprint density at radius 1 is 1.15 bits per heavy atom. The summed E-state index contributed by atoms with van der Waals surface area (Å²) in [6, 6.07) is 9.57. The predicted molar refractivity (Wildman–Crippen MR) is 81.7 cm³/mol. The molecule has 20 heavy (non-hydrogen) atoms. The van der Waals surface area contributed by atoms with Crippen molar-refractivity contribution < 1.29 is 8.42 Å². The standard InChI is InChI=1S/C15H24N2O2S/c16-11-6-12-17(15-9-4-5-10-15)20(18,19)13-14-7-2-1-3-8-14/h1-3,7-8,15H,4-6,9-13,16H2. The van der Waals surface area contributed by atoms with Crippen molar-refractivity contribution in [3.8, 4) is 0 Å². The maximum Gasteiger partial charge on any atom is 0.218 e. The summed E-state index contributed by atoms with van der Waals surface area (Å²) >= 11 is 0. The van der Waals surface area contributed by atoms with Crippen LogP contribution < -0.4 is 5.73 Å². The molecule has 0 spiro atoms. The van der Waals surface area contributed by atoms with Crippen molar-refractivity contribution >= 4 is 10.0 Å². The van der Waals surface area contributed by atoms with E-state index >= 15 is 0 Å². The second-order valence-corrected chi connectivity index (χ2v) is 7.35. The van der Waals surface area contributed by atoms with Gasteiger partial charge in [0.15, 0.2) is 0 Å². The second kappa shape index (κ2) is 7.20. The average Bonchev–Trinajstić information content (AvgIpc) is 2.93. The molecular formula is C15H24N2O2S. The molecule has 2 rings (SSSR count). The Labute approximate surface area is 122 Å². The zero-order valence-corrected chi connectivity index (χ0v) is 12.7. The molecule has 4 nitrogen and oxygen atoms in total. The summed E-state index contributed by atoms with van der Waals surface area (Å²) < 4.78 is 27.1. The summed E-state index contributed by atoms with van der Waals surface area (Å²) in [4.78, 5) is 0. The van der Waals surface area contributed by atoms with Crippen molar-refractivity contribution in [3.05, 3.63) is 35.9 Å². The van der Waals surface area contributed by atoms with Gasteiger partial charge < -0.3 is 5.73 Å². The summed E-state index contributed by atoms with van der Waals surface area (Å²) in [5, 5.41) is 0. The highest BCUT2D eigenvalue weighted by atomic mass is 32.2. The van der Waals surface area contributed by atoms with Gasteiger partial charge in [-0.25, -0.2) is 8.42 Å². The van der Waals surface area contributed by atoms with Crippen LogP contribution in [-0.4, -0.2) is 31.9 Å². The molecule has 5 heteroatoms. The van der Waals surface area contributed by atoms with Crippen LogP contribution in [0.25, 0.3) is 0 Å². The number of rotatable bonds is 7. The van der Waals surface area contributed by atoms with Crippen molar-refractivity contribution in [2.75, 3.05) is 13.1 Å². The van der Waals surface area contributed by atoms with E-state index < -0.39 is 10.0 Å². The lowest BCUT2D eigenvalue weighted by atomic mass is 10.2. The Balaban J connectivity index is 2.12. The molecule has 0 aliphatic heterocycles. The topological polar surface area (TPSA) is 63.4 Å². The van der Waals surface area contributed by atoms with Crippen LogP contribution in [0.2, 0.25) is 0 Å². The first-order chi connectivity index (χ1) is 9.63. The van der Waals surface area contributed by atoms with Crippen LogP contribution in [-0.2, 0) is 15.8 Å². The van der Waals surface area contributed by atoms with Crippen molar-refractivity contribution in [2.45, 2.75) is 43.9 Å². The largest absolute Gasteiger partial charge is 0.330 e. The number of hydrogen-bond acceptors (Lipinski definition) is 3. The van der Waals surface area contributed by atoms with Crippen LogP contribution in [0, 0.1) is 0 Å². The molecule has 2 N–H and O–H groups in total. The summed E-state index contributed by atoms with van der Waals surface area (Å²) in [6.07, 6.45) is 4.96. The molecule has 112 valence electrons. The fraction of sp³-hybridized carbons (Fsp3) is 0.600. The van der Waals surface area contributed by atoms with Gasteiger partial charge in [0.1, 0.15) is 0 Å². The van der Waals surface area contributed by atoms with E-state index in [4.69, 9.17) is 5.73 Å². The maximum atomic E-state index is 12.7. The van der Waals surface area contributed by atoms with Crippen molar-refractivity contribution in [2.24, 2.45) is 5.73 Å². The van der Waals surface area contributed by atoms with Gasteiger partial charge in [0, 0.05) is 12.6 Å². The molecule has 1 aliphatic carbocycles. The van der Waals surface area contributed by atoms with Crippen LogP contribution in [0.5, 0.6) is 0 Å². The minimum Gasteiger partial charge on any atom is -0.330 e. The summed E-state index contributed by atoms with van der Waals surface area (Å²) in [6.45, 7) is 1.08. The first-order valence-electron chi connectivity index (χ1n) is 7.37. The zero-order chi connectivity index (χ0) is 14.4. The number of nitrogens with zero attached hydrogens (tertiary/aromatic N) is 1. The van der Waals surface area contributed by atoms with E-state index in [-0.39, 0.29) is 11.8 Å². The first-order valence-corrected chi connectivity index (χ1v) is 8.98. The predicted octanol–water partition coefficient (Wildman–Crippen LogP) is 2.11. The summed E-state index contributed by atoms with van der Waals surface area (Å²) in [5.74, 6) is 0.0922.